The van der Waals surface area contributed by atoms with Crippen molar-refractivity contribution in [3.8, 4) is 0 Å². The molecule has 0 unspecified atom stereocenters. The SMILES string of the molecule is Cc1ccc(C(=O)N[C@@H](Nc2cccc(C(F)(F)F)c2)C(Cl)(Cl)Cl)cc1. The Hall–Kier alpha value is -1.63. The molecule has 0 aliphatic carbocycles. The summed E-state index contributed by atoms with van der Waals surface area (Å²) in [5.41, 5.74) is 0.457. The zero-order chi connectivity index (χ0) is 19.5. The molecule has 0 fully saturated rings. The van der Waals surface area contributed by atoms with Gasteiger partial charge in [-0.25, -0.2) is 0 Å². The Bertz CT molecular complexity index is 774. The highest BCUT2D eigenvalue weighted by molar-refractivity contribution is 6.68. The van der Waals surface area contributed by atoms with Crippen molar-refractivity contribution in [3.05, 3.63) is 65.2 Å². The maximum atomic E-state index is 12.8. The molecule has 1 atom stereocenters. The minimum Gasteiger partial charge on any atom is -0.362 e. The third-order valence-corrected chi connectivity index (χ3v) is 4.07. The number of alkyl halides is 6. The number of carbonyl (C=O) groups excluding carboxylic acids is 1. The fraction of sp³-hybridized carbons (Fsp3) is 0.235. The van der Waals surface area contributed by atoms with Gasteiger partial charge in [-0.1, -0.05) is 58.6 Å². The van der Waals surface area contributed by atoms with Crippen molar-refractivity contribution in [2.24, 2.45) is 0 Å². The van der Waals surface area contributed by atoms with Gasteiger partial charge < -0.3 is 10.6 Å². The number of benzene rings is 2. The Labute approximate surface area is 163 Å². The predicted octanol–water partition coefficient (Wildman–Crippen LogP) is 5.55. The average molecular weight is 426 g/mol. The van der Waals surface area contributed by atoms with Crippen LogP contribution in [0.2, 0.25) is 0 Å². The largest absolute Gasteiger partial charge is 0.416 e. The van der Waals surface area contributed by atoms with Gasteiger partial charge in [0.2, 0.25) is 3.79 Å². The highest BCUT2D eigenvalue weighted by Gasteiger charge is 2.35. The Morgan fingerprint density at radius 2 is 1.65 bits per heavy atom. The van der Waals surface area contributed by atoms with Gasteiger partial charge in [0.05, 0.1) is 5.56 Å². The normalized spacial score (nSPS) is 13.2. The van der Waals surface area contributed by atoms with E-state index in [0.717, 1.165) is 17.7 Å². The molecule has 9 heteroatoms. The first-order valence-corrected chi connectivity index (χ1v) is 8.48. The standard InChI is InChI=1S/C17H14Cl3F3N2O/c1-10-5-7-11(8-6-10)14(26)25-15(16(18,19)20)24-13-4-2-3-12(9-13)17(21,22)23/h2-9,15,24H,1H3,(H,25,26)/t15-/m1/s1. The van der Waals surface area contributed by atoms with Crippen LogP contribution in [0, 0.1) is 6.92 Å². The van der Waals surface area contributed by atoms with Crippen molar-refractivity contribution in [1.29, 1.82) is 0 Å². The molecule has 1 amide bonds. The Morgan fingerprint density at radius 3 is 2.19 bits per heavy atom. The van der Waals surface area contributed by atoms with Crippen LogP contribution in [0.15, 0.2) is 48.5 Å². The fourth-order valence-electron chi connectivity index (χ4n) is 2.07. The van der Waals surface area contributed by atoms with Crippen molar-refractivity contribution >= 4 is 46.4 Å². The van der Waals surface area contributed by atoms with Gasteiger partial charge in [0.25, 0.3) is 5.91 Å². The van der Waals surface area contributed by atoms with Gasteiger partial charge in [-0.05, 0) is 37.3 Å². The third-order valence-electron chi connectivity index (χ3n) is 3.42. The van der Waals surface area contributed by atoms with Crippen LogP contribution in [0.3, 0.4) is 0 Å². The fourth-order valence-corrected chi connectivity index (χ4v) is 2.40. The molecule has 0 saturated heterocycles. The second-order valence-electron chi connectivity index (χ2n) is 5.54. The maximum Gasteiger partial charge on any atom is 0.416 e. The number of nitrogens with one attached hydrogen (secondary N) is 2. The Balaban J connectivity index is 2.21. The average Bonchev–Trinajstić information content (AvgIpc) is 2.53. The van der Waals surface area contributed by atoms with E-state index in [1.165, 1.54) is 12.1 Å². The van der Waals surface area contributed by atoms with E-state index in [2.05, 4.69) is 10.6 Å². The molecular weight excluding hydrogens is 412 g/mol. The van der Waals surface area contributed by atoms with E-state index in [1.807, 2.05) is 6.92 Å². The molecule has 26 heavy (non-hydrogen) atoms. The maximum absolute atomic E-state index is 12.8. The number of rotatable bonds is 4. The van der Waals surface area contributed by atoms with Gasteiger partial charge in [0.1, 0.15) is 6.17 Å². The first-order valence-electron chi connectivity index (χ1n) is 7.35. The van der Waals surface area contributed by atoms with Crippen LogP contribution in [-0.2, 0) is 6.18 Å². The molecule has 0 bridgehead atoms. The van der Waals surface area contributed by atoms with Crippen molar-refractivity contribution in [2.45, 2.75) is 23.1 Å². The first kappa shape index (κ1) is 20.7. The lowest BCUT2D eigenvalue weighted by Gasteiger charge is -2.27. The molecule has 2 rings (SSSR count). The highest BCUT2D eigenvalue weighted by atomic mass is 35.6. The summed E-state index contributed by atoms with van der Waals surface area (Å²) in [6, 6.07) is 11.0. The molecule has 0 spiro atoms. The molecular formula is C17H14Cl3F3N2O. The van der Waals surface area contributed by atoms with E-state index in [-0.39, 0.29) is 5.69 Å². The molecule has 140 valence electrons. The lowest BCUT2D eigenvalue weighted by molar-refractivity contribution is -0.137. The minimum absolute atomic E-state index is 0.0420. The van der Waals surface area contributed by atoms with Crippen molar-refractivity contribution in [2.75, 3.05) is 5.32 Å². The molecule has 0 radical (unpaired) electrons. The summed E-state index contributed by atoms with van der Waals surface area (Å²) in [6.07, 6.45) is -5.78. The monoisotopic (exact) mass is 424 g/mol. The number of halogens is 6. The lowest BCUT2D eigenvalue weighted by atomic mass is 10.1. The molecule has 0 aliphatic heterocycles. The summed E-state index contributed by atoms with van der Waals surface area (Å²) >= 11 is 17.6. The molecule has 3 nitrogen and oxygen atoms in total. The summed E-state index contributed by atoms with van der Waals surface area (Å²) in [4.78, 5) is 12.3. The smallest absolute Gasteiger partial charge is 0.362 e. The first-order chi connectivity index (χ1) is 12.0. The number of aryl methyl sites for hydroxylation is 1. The molecule has 0 saturated carbocycles. The summed E-state index contributed by atoms with van der Waals surface area (Å²) in [7, 11) is 0. The van der Waals surface area contributed by atoms with Gasteiger partial charge >= 0.3 is 6.18 Å². The highest BCUT2D eigenvalue weighted by Crippen LogP contribution is 2.34. The van der Waals surface area contributed by atoms with Crippen LogP contribution in [0.4, 0.5) is 18.9 Å². The number of hydrogen-bond donors (Lipinski definition) is 2. The number of hydrogen-bond acceptors (Lipinski definition) is 2. The molecule has 2 N–H and O–H groups in total. The summed E-state index contributed by atoms with van der Waals surface area (Å²) < 4.78 is 36.5. The van der Waals surface area contributed by atoms with Gasteiger partial charge in [0.15, 0.2) is 0 Å². The van der Waals surface area contributed by atoms with Crippen LogP contribution < -0.4 is 10.6 Å². The van der Waals surface area contributed by atoms with Crippen molar-refractivity contribution in [3.63, 3.8) is 0 Å². The number of carbonyl (C=O) groups is 1. The molecule has 0 aliphatic rings. The van der Waals surface area contributed by atoms with Crippen LogP contribution in [0.25, 0.3) is 0 Å². The third kappa shape index (κ3) is 5.69. The van der Waals surface area contributed by atoms with Gasteiger partial charge in [-0.3, -0.25) is 4.79 Å². The van der Waals surface area contributed by atoms with E-state index in [4.69, 9.17) is 34.8 Å². The Morgan fingerprint density at radius 1 is 1.04 bits per heavy atom. The molecule has 2 aromatic carbocycles. The van der Waals surface area contributed by atoms with E-state index in [0.29, 0.717) is 5.56 Å². The van der Waals surface area contributed by atoms with Crippen molar-refractivity contribution < 1.29 is 18.0 Å². The quantitative estimate of drug-likeness (QED) is 0.498. The van der Waals surface area contributed by atoms with E-state index < -0.39 is 27.6 Å². The Kier molecular flexibility index (Phi) is 6.32. The van der Waals surface area contributed by atoms with Crippen LogP contribution in [0.1, 0.15) is 21.5 Å². The topological polar surface area (TPSA) is 41.1 Å². The molecule has 0 heterocycles. The van der Waals surface area contributed by atoms with E-state index in [1.54, 1.807) is 24.3 Å². The van der Waals surface area contributed by atoms with Gasteiger partial charge in [-0.2, -0.15) is 13.2 Å². The molecule has 0 aromatic heterocycles. The van der Waals surface area contributed by atoms with Gasteiger partial charge in [0, 0.05) is 11.3 Å². The van der Waals surface area contributed by atoms with Crippen LogP contribution in [-0.4, -0.2) is 15.9 Å². The summed E-state index contributed by atoms with van der Waals surface area (Å²) in [5, 5.41) is 5.09. The van der Waals surface area contributed by atoms with Crippen LogP contribution in [0.5, 0.6) is 0 Å². The number of amides is 1. The number of anilines is 1. The summed E-state index contributed by atoms with van der Waals surface area (Å²) in [5.74, 6) is -0.541. The van der Waals surface area contributed by atoms with E-state index in [9.17, 15) is 18.0 Å². The zero-order valence-corrected chi connectivity index (χ0v) is 15.6. The second kappa shape index (κ2) is 7.94. The summed E-state index contributed by atoms with van der Waals surface area (Å²) in [6.45, 7) is 1.86. The molecule has 2 aromatic rings. The van der Waals surface area contributed by atoms with Crippen molar-refractivity contribution in [1.82, 2.24) is 5.32 Å². The second-order valence-corrected chi connectivity index (χ2v) is 7.91. The van der Waals surface area contributed by atoms with Gasteiger partial charge in [-0.15, -0.1) is 0 Å². The zero-order valence-electron chi connectivity index (χ0n) is 13.4. The van der Waals surface area contributed by atoms with Crippen LogP contribution >= 0.6 is 34.8 Å². The predicted molar refractivity (Wildman–Crippen MR) is 97.8 cm³/mol. The van der Waals surface area contributed by atoms with E-state index >= 15 is 0 Å². The minimum atomic E-state index is -4.52. The lowest BCUT2D eigenvalue weighted by Crippen LogP contribution is -2.49.